The minimum atomic E-state index is 0.00405. The van der Waals surface area contributed by atoms with Crippen molar-refractivity contribution in [2.75, 3.05) is 40.5 Å². The highest BCUT2D eigenvalue weighted by Gasteiger charge is 2.23. The number of hydrogen-bond acceptors (Lipinski definition) is 4. The van der Waals surface area contributed by atoms with Gasteiger partial charge in [0.1, 0.15) is 0 Å². The van der Waals surface area contributed by atoms with Gasteiger partial charge in [0.2, 0.25) is 0 Å². The van der Waals surface area contributed by atoms with Gasteiger partial charge in [0.25, 0.3) is 0 Å². The van der Waals surface area contributed by atoms with Gasteiger partial charge in [-0.1, -0.05) is 30.3 Å². The summed E-state index contributed by atoms with van der Waals surface area (Å²) < 4.78 is 16.7. The van der Waals surface area contributed by atoms with Crippen molar-refractivity contribution in [3.63, 3.8) is 0 Å². The van der Waals surface area contributed by atoms with Crippen molar-refractivity contribution < 1.29 is 14.2 Å². The van der Waals surface area contributed by atoms with E-state index in [9.17, 15) is 0 Å². The number of rotatable bonds is 11. The van der Waals surface area contributed by atoms with E-state index >= 15 is 0 Å². The van der Waals surface area contributed by atoms with Crippen LogP contribution in [-0.4, -0.2) is 50.6 Å². The molecule has 3 N–H and O–H groups in total. The molecule has 6 nitrogen and oxygen atoms in total. The molecule has 1 atom stereocenters. The summed E-state index contributed by atoms with van der Waals surface area (Å²) >= 11 is 5.51. The van der Waals surface area contributed by atoms with Gasteiger partial charge in [-0.05, 0) is 43.3 Å². The third kappa shape index (κ3) is 5.68. The lowest BCUT2D eigenvalue weighted by Crippen LogP contribution is -2.38. The van der Waals surface area contributed by atoms with Gasteiger partial charge in [-0.3, -0.25) is 0 Å². The molecule has 0 aliphatic rings. The molecule has 0 saturated carbocycles. The van der Waals surface area contributed by atoms with E-state index in [4.69, 9.17) is 26.4 Å². The third-order valence-electron chi connectivity index (χ3n) is 5.23. The first-order chi connectivity index (χ1) is 15.2. The second-order valence-corrected chi connectivity index (χ2v) is 7.52. The van der Waals surface area contributed by atoms with Gasteiger partial charge in [-0.2, -0.15) is 0 Å². The van der Waals surface area contributed by atoms with Gasteiger partial charge in [0.05, 0.1) is 14.2 Å². The fourth-order valence-electron chi connectivity index (χ4n) is 3.73. The lowest BCUT2D eigenvalue weighted by molar-refractivity contribution is 0.145. The maximum atomic E-state index is 5.74. The average Bonchev–Trinajstić information content (AvgIpc) is 3.23. The molecule has 0 aliphatic heterocycles. The van der Waals surface area contributed by atoms with E-state index in [1.165, 1.54) is 10.9 Å². The molecule has 1 heterocycles. The molecule has 31 heavy (non-hydrogen) atoms. The first-order valence-corrected chi connectivity index (χ1v) is 11.0. The fraction of sp³-hybridized carbons (Fsp3) is 0.375. The molecule has 0 aliphatic carbocycles. The lowest BCUT2D eigenvalue weighted by Gasteiger charge is -2.22. The SMILES string of the molecule is CCOCCCNC(=S)NCC(c1cccc(OC)c1OC)c1c[nH]c2ccccc12. The highest BCUT2D eigenvalue weighted by Crippen LogP contribution is 2.40. The Morgan fingerprint density at radius 1 is 1.03 bits per heavy atom. The number of ether oxygens (including phenoxy) is 3. The van der Waals surface area contributed by atoms with E-state index in [0.717, 1.165) is 43.0 Å². The average molecular weight is 442 g/mol. The number of H-pyrrole nitrogens is 1. The van der Waals surface area contributed by atoms with Crippen molar-refractivity contribution in [2.45, 2.75) is 19.3 Å². The van der Waals surface area contributed by atoms with Crippen LogP contribution in [0.15, 0.2) is 48.7 Å². The molecule has 0 spiro atoms. The molecular weight excluding hydrogens is 410 g/mol. The number of nitrogens with one attached hydrogen (secondary N) is 3. The normalized spacial score (nSPS) is 11.8. The summed E-state index contributed by atoms with van der Waals surface area (Å²) in [5, 5.41) is 8.45. The highest BCUT2D eigenvalue weighted by atomic mass is 32.1. The number of hydrogen-bond donors (Lipinski definition) is 3. The Hall–Kier alpha value is -2.77. The molecule has 3 aromatic rings. The van der Waals surface area contributed by atoms with E-state index < -0.39 is 0 Å². The van der Waals surface area contributed by atoms with Gasteiger partial charge in [-0.25, -0.2) is 0 Å². The van der Waals surface area contributed by atoms with Crippen molar-refractivity contribution in [3.8, 4) is 11.5 Å². The van der Waals surface area contributed by atoms with Crippen molar-refractivity contribution in [1.82, 2.24) is 15.6 Å². The molecule has 0 amide bonds. The predicted molar refractivity (Wildman–Crippen MR) is 129 cm³/mol. The van der Waals surface area contributed by atoms with Crippen molar-refractivity contribution in [1.29, 1.82) is 0 Å². The van der Waals surface area contributed by atoms with E-state index in [-0.39, 0.29) is 5.92 Å². The van der Waals surface area contributed by atoms with Crippen molar-refractivity contribution in [2.24, 2.45) is 0 Å². The lowest BCUT2D eigenvalue weighted by atomic mass is 9.90. The second-order valence-electron chi connectivity index (χ2n) is 7.11. The monoisotopic (exact) mass is 441 g/mol. The molecule has 0 fully saturated rings. The molecule has 1 aromatic heterocycles. The van der Waals surface area contributed by atoms with Crippen LogP contribution in [0.1, 0.15) is 30.4 Å². The summed E-state index contributed by atoms with van der Waals surface area (Å²) in [5.74, 6) is 1.45. The Kier molecular flexibility index (Phi) is 8.55. The number of thiocarbonyl (C=S) groups is 1. The quantitative estimate of drug-likeness (QED) is 0.306. The van der Waals surface area contributed by atoms with Crippen LogP contribution >= 0.6 is 12.2 Å². The van der Waals surface area contributed by atoms with Crippen LogP contribution < -0.4 is 20.1 Å². The topological polar surface area (TPSA) is 67.5 Å². The zero-order valence-electron chi connectivity index (χ0n) is 18.4. The van der Waals surface area contributed by atoms with Gasteiger partial charge >= 0.3 is 0 Å². The Labute approximate surface area is 189 Å². The number of aromatic amines is 1. The van der Waals surface area contributed by atoms with E-state index in [1.54, 1.807) is 14.2 Å². The first kappa shape index (κ1) is 22.9. The number of para-hydroxylation sites is 2. The summed E-state index contributed by atoms with van der Waals surface area (Å²) in [5.41, 5.74) is 3.31. The zero-order valence-corrected chi connectivity index (χ0v) is 19.2. The van der Waals surface area contributed by atoms with Crippen LogP contribution in [0.25, 0.3) is 10.9 Å². The minimum absolute atomic E-state index is 0.00405. The largest absolute Gasteiger partial charge is 0.493 e. The smallest absolute Gasteiger partial charge is 0.166 e. The van der Waals surface area contributed by atoms with Crippen LogP contribution in [-0.2, 0) is 4.74 Å². The summed E-state index contributed by atoms with van der Waals surface area (Å²) in [6, 6.07) is 14.3. The van der Waals surface area contributed by atoms with Crippen LogP contribution in [0.3, 0.4) is 0 Å². The van der Waals surface area contributed by atoms with Gasteiger partial charge in [0.15, 0.2) is 16.6 Å². The summed E-state index contributed by atoms with van der Waals surface area (Å²) in [7, 11) is 3.33. The second kappa shape index (κ2) is 11.6. The summed E-state index contributed by atoms with van der Waals surface area (Å²) in [4.78, 5) is 3.38. The number of aromatic nitrogens is 1. The van der Waals surface area contributed by atoms with E-state index in [0.29, 0.717) is 17.4 Å². The Morgan fingerprint density at radius 2 is 1.87 bits per heavy atom. The zero-order chi connectivity index (χ0) is 22.1. The third-order valence-corrected chi connectivity index (χ3v) is 5.52. The Balaban J connectivity index is 1.84. The van der Waals surface area contributed by atoms with Crippen LogP contribution in [0.5, 0.6) is 11.5 Å². The standard InChI is InChI=1S/C24H31N3O3S/c1-4-30-14-8-13-25-24(31)27-16-20(18-10-7-12-22(28-2)23(18)29-3)19-15-26-21-11-6-5-9-17(19)21/h5-7,9-12,15,20,26H,4,8,13-14,16H2,1-3H3,(H2,25,27,31). The molecular formula is C24H31N3O3S. The molecule has 1 unspecified atom stereocenters. The summed E-state index contributed by atoms with van der Waals surface area (Å²) in [6.07, 6.45) is 2.97. The van der Waals surface area contributed by atoms with Gasteiger partial charge in [0, 0.05) is 54.9 Å². The number of benzene rings is 2. The maximum absolute atomic E-state index is 5.74. The molecule has 7 heteroatoms. The Morgan fingerprint density at radius 3 is 2.65 bits per heavy atom. The van der Waals surface area contributed by atoms with E-state index in [2.05, 4.69) is 46.1 Å². The van der Waals surface area contributed by atoms with Crippen molar-refractivity contribution >= 4 is 28.2 Å². The summed E-state index contributed by atoms with van der Waals surface area (Å²) in [6.45, 7) is 4.84. The molecule has 3 rings (SSSR count). The number of fused-ring (bicyclic) bond motifs is 1. The molecule has 166 valence electrons. The first-order valence-electron chi connectivity index (χ1n) is 10.6. The minimum Gasteiger partial charge on any atom is -0.493 e. The molecule has 0 saturated heterocycles. The molecule has 0 bridgehead atoms. The van der Waals surface area contributed by atoms with Crippen LogP contribution in [0.4, 0.5) is 0 Å². The maximum Gasteiger partial charge on any atom is 0.166 e. The fourth-order valence-corrected chi connectivity index (χ4v) is 3.92. The van der Waals surface area contributed by atoms with E-state index in [1.807, 2.05) is 25.1 Å². The predicted octanol–water partition coefficient (Wildman–Crippen LogP) is 4.21. The molecule has 2 aromatic carbocycles. The van der Waals surface area contributed by atoms with Crippen molar-refractivity contribution in [3.05, 3.63) is 59.8 Å². The van der Waals surface area contributed by atoms with Crippen LogP contribution in [0, 0.1) is 0 Å². The van der Waals surface area contributed by atoms with Gasteiger partial charge in [-0.15, -0.1) is 0 Å². The highest BCUT2D eigenvalue weighted by molar-refractivity contribution is 7.80. The Bertz CT molecular complexity index is 989. The number of methoxy groups -OCH3 is 2. The molecule has 0 radical (unpaired) electrons. The van der Waals surface area contributed by atoms with Gasteiger partial charge < -0.3 is 29.8 Å². The van der Waals surface area contributed by atoms with Crippen LogP contribution in [0.2, 0.25) is 0 Å².